The molecule has 3 heteroatoms. The van der Waals surface area contributed by atoms with E-state index in [9.17, 15) is 4.79 Å². The van der Waals surface area contributed by atoms with Gasteiger partial charge >= 0.3 is 0 Å². The minimum absolute atomic E-state index is 0.0758. The largest absolute Gasteiger partial charge is 0.355 e. The van der Waals surface area contributed by atoms with Crippen molar-refractivity contribution in [2.75, 3.05) is 6.54 Å². The van der Waals surface area contributed by atoms with E-state index in [0.717, 1.165) is 32.2 Å². The second-order valence-electron chi connectivity index (χ2n) is 4.78. The van der Waals surface area contributed by atoms with Crippen molar-refractivity contribution in [3.05, 3.63) is 0 Å². The zero-order chi connectivity index (χ0) is 13.1. The van der Waals surface area contributed by atoms with Gasteiger partial charge in [0.15, 0.2) is 0 Å². The normalized spacial score (nSPS) is 14.4. The van der Waals surface area contributed by atoms with Crippen LogP contribution in [0.1, 0.15) is 66.2 Å². The maximum Gasteiger partial charge on any atom is 0.236 e. The van der Waals surface area contributed by atoms with Crippen molar-refractivity contribution in [2.45, 2.75) is 78.3 Å². The van der Waals surface area contributed by atoms with Crippen LogP contribution in [0.5, 0.6) is 0 Å². The molecule has 0 aliphatic rings. The van der Waals surface area contributed by atoms with E-state index in [-0.39, 0.29) is 11.9 Å². The summed E-state index contributed by atoms with van der Waals surface area (Å²) in [6, 6.07) is 0.393. The highest BCUT2D eigenvalue weighted by Crippen LogP contribution is 2.02. The highest BCUT2D eigenvalue weighted by atomic mass is 16.2. The molecule has 3 nitrogen and oxygen atoms in total. The first-order valence-corrected chi connectivity index (χ1v) is 7.19. The van der Waals surface area contributed by atoms with Gasteiger partial charge in [-0.25, -0.2) is 0 Å². The van der Waals surface area contributed by atoms with Crippen LogP contribution in [0.4, 0.5) is 0 Å². The molecule has 0 aliphatic heterocycles. The van der Waals surface area contributed by atoms with E-state index in [4.69, 9.17) is 0 Å². The van der Waals surface area contributed by atoms with Gasteiger partial charge in [-0.1, -0.05) is 40.0 Å². The lowest BCUT2D eigenvalue weighted by Gasteiger charge is -2.21. The molecule has 17 heavy (non-hydrogen) atoms. The summed E-state index contributed by atoms with van der Waals surface area (Å²) in [6.45, 7) is 9.28. The molecule has 0 aromatic heterocycles. The lowest BCUT2D eigenvalue weighted by molar-refractivity contribution is -0.122. The molecule has 0 spiro atoms. The van der Waals surface area contributed by atoms with Crippen LogP contribution in [0.25, 0.3) is 0 Å². The molecule has 0 radical (unpaired) electrons. The summed E-state index contributed by atoms with van der Waals surface area (Å²) in [4.78, 5) is 11.8. The molecule has 0 saturated heterocycles. The maximum absolute atomic E-state index is 11.8. The van der Waals surface area contributed by atoms with Crippen LogP contribution in [-0.4, -0.2) is 24.5 Å². The highest BCUT2D eigenvalue weighted by molar-refractivity contribution is 5.81. The summed E-state index contributed by atoms with van der Waals surface area (Å²) in [5, 5.41) is 6.38. The molecular weight excluding hydrogens is 212 g/mol. The molecule has 0 bridgehead atoms. The van der Waals surface area contributed by atoms with Crippen LogP contribution >= 0.6 is 0 Å². The lowest BCUT2D eigenvalue weighted by atomic mass is 10.1. The molecule has 2 N–H and O–H groups in total. The lowest BCUT2D eigenvalue weighted by Crippen LogP contribution is -2.46. The zero-order valence-electron chi connectivity index (χ0n) is 12.0. The Morgan fingerprint density at radius 3 is 2.35 bits per heavy atom. The number of carbonyl (C=O) groups is 1. The Morgan fingerprint density at radius 1 is 1.12 bits per heavy atom. The Bertz CT molecular complexity index is 195. The molecule has 0 aliphatic carbocycles. The average molecular weight is 242 g/mol. The van der Waals surface area contributed by atoms with Gasteiger partial charge in [0.2, 0.25) is 5.91 Å². The van der Waals surface area contributed by atoms with Crippen molar-refractivity contribution in [3.63, 3.8) is 0 Å². The first kappa shape index (κ1) is 16.4. The van der Waals surface area contributed by atoms with Crippen LogP contribution in [0.2, 0.25) is 0 Å². The second-order valence-corrected chi connectivity index (χ2v) is 4.78. The Labute approximate surface area is 107 Å². The molecule has 0 rings (SSSR count). The van der Waals surface area contributed by atoms with Crippen molar-refractivity contribution in [1.82, 2.24) is 10.6 Å². The predicted molar refractivity (Wildman–Crippen MR) is 74.1 cm³/mol. The second kappa shape index (κ2) is 10.6. The summed E-state index contributed by atoms with van der Waals surface area (Å²) < 4.78 is 0. The van der Waals surface area contributed by atoms with Crippen LogP contribution in [0.3, 0.4) is 0 Å². The third-order valence-corrected chi connectivity index (χ3v) is 3.09. The summed E-state index contributed by atoms with van der Waals surface area (Å²) in [7, 11) is 0. The Balaban J connectivity index is 3.78. The molecule has 102 valence electrons. The van der Waals surface area contributed by atoms with Crippen LogP contribution < -0.4 is 10.6 Å². The van der Waals surface area contributed by atoms with Gasteiger partial charge in [-0.05, 0) is 26.2 Å². The molecule has 0 saturated carbocycles. The Morgan fingerprint density at radius 2 is 1.82 bits per heavy atom. The maximum atomic E-state index is 11.8. The molecule has 2 atom stereocenters. The van der Waals surface area contributed by atoms with Crippen molar-refractivity contribution >= 4 is 5.91 Å². The third kappa shape index (κ3) is 8.19. The van der Waals surface area contributed by atoms with Gasteiger partial charge in [-0.2, -0.15) is 0 Å². The van der Waals surface area contributed by atoms with Crippen molar-refractivity contribution in [1.29, 1.82) is 0 Å². The highest BCUT2D eigenvalue weighted by Gasteiger charge is 2.15. The minimum Gasteiger partial charge on any atom is -0.355 e. The van der Waals surface area contributed by atoms with Crippen LogP contribution in [0, 0.1) is 0 Å². The molecule has 1 amide bonds. The first-order chi connectivity index (χ1) is 8.15. The molecule has 0 heterocycles. The Hall–Kier alpha value is -0.570. The van der Waals surface area contributed by atoms with E-state index >= 15 is 0 Å². The minimum atomic E-state index is -0.0758. The van der Waals surface area contributed by atoms with Gasteiger partial charge in [-0.3, -0.25) is 4.79 Å². The number of rotatable bonds is 10. The van der Waals surface area contributed by atoms with E-state index in [1.165, 1.54) is 12.8 Å². The number of hydrogen-bond acceptors (Lipinski definition) is 2. The monoisotopic (exact) mass is 242 g/mol. The smallest absolute Gasteiger partial charge is 0.236 e. The molecule has 2 unspecified atom stereocenters. The summed E-state index contributed by atoms with van der Waals surface area (Å²) in [6.07, 6.45) is 6.86. The molecule has 0 aromatic carbocycles. The van der Waals surface area contributed by atoms with Gasteiger partial charge in [0, 0.05) is 12.6 Å². The van der Waals surface area contributed by atoms with Crippen LogP contribution in [0.15, 0.2) is 0 Å². The van der Waals surface area contributed by atoms with E-state index in [2.05, 4.69) is 31.4 Å². The van der Waals surface area contributed by atoms with E-state index in [1.54, 1.807) is 0 Å². The number of amides is 1. The summed E-state index contributed by atoms with van der Waals surface area (Å²) >= 11 is 0. The van der Waals surface area contributed by atoms with E-state index in [1.807, 2.05) is 6.92 Å². The predicted octanol–water partition coefficient (Wildman–Crippen LogP) is 2.85. The first-order valence-electron chi connectivity index (χ1n) is 7.19. The van der Waals surface area contributed by atoms with Gasteiger partial charge in [-0.15, -0.1) is 0 Å². The number of nitrogens with one attached hydrogen (secondary N) is 2. The van der Waals surface area contributed by atoms with E-state index in [0.29, 0.717) is 6.04 Å². The molecule has 0 fully saturated rings. The van der Waals surface area contributed by atoms with Gasteiger partial charge in [0.05, 0.1) is 6.04 Å². The fourth-order valence-corrected chi connectivity index (χ4v) is 1.92. The zero-order valence-corrected chi connectivity index (χ0v) is 12.0. The van der Waals surface area contributed by atoms with E-state index < -0.39 is 0 Å². The fourth-order valence-electron chi connectivity index (χ4n) is 1.92. The molecule has 0 aromatic rings. The topological polar surface area (TPSA) is 41.1 Å². The SMILES string of the molecule is CCCCCNC(=O)C(C)NC(CC)CCC. The summed E-state index contributed by atoms with van der Waals surface area (Å²) in [5.74, 6) is 0.135. The quantitative estimate of drug-likeness (QED) is 0.578. The van der Waals surface area contributed by atoms with Crippen molar-refractivity contribution in [3.8, 4) is 0 Å². The Kier molecular flexibility index (Phi) is 10.2. The van der Waals surface area contributed by atoms with Crippen molar-refractivity contribution < 1.29 is 4.79 Å². The number of unbranched alkanes of at least 4 members (excludes halogenated alkanes) is 2. The van der Waals surface area contributed by atoms with Crippen molar-refractivity contribution in [2.24, 2.45) is 0 Å². The van der Waals surface area contributed by atoms with Gasteiger partial charge in [0.1, 0.15) is 0 Å². The standard InChI is InChI=1S/C14H30N2O/c1-5-8-9-11-15-14(17)12(4)16-13(7-3)10-6-2/h12-13,16H,5-11H2,1-4H3,(H,15,17). The molecular formula is C14H30N2O. The number of carbonyl (C=O) groups excluding carboxylic acids is 1. The third-order valence-electron chi connectivity index (χ3n) is 3.09. The van der Waals surface area contributed by atoms with Crippen LogP contribution in [-0.2, 0) is 4.79 Å². The number of hydrogen-bond donors (Lipinski definition) is 2. The fraction of sp³-hybridized carbons (Fsp3) is 0.929. The average Bonchev–Trinajstić information content (AvgIpc) is 2.33. The van der Waals surface area contributed by atoms with Gasteiger partial charge in [0.25, 0.3) is 0 Å². The summed E-state index contributed by atoms with van der Waals surface area (Å²) in [5.41, 5.74) is 0. The van der Waals surface area contributed by atoms with Gasteiger partial charge < -0.3 is 10.6 Å².